The molecule has 0 spiro atoms. The fourth-order valence-electron chi connectivity index (χ4n) is 1.52. The number of carbonyl (C=O) groups excluding carboxylic acids is 1. The number of nitrogens with zero attached hydrogens (tertiary/aromatic N) is 3. The van der Waals surface area contributed by atoms with Gasteiger partial charge in [0.25, 0.3) is 5.91 Å². The summed E-state index contributed by atoms with van der Waals surface area (Å²) < 4.78 is 0. The first-order valence-electron chi connectivity index (χ1n) is 5.80. The van der Waals surface area contributed by atoms with E-state index < -0.39 is 22.3 Å². The molecular weight excluding hydrogens is 278 g/mol. The molecule has 9 heteroatoms. The van der Waals surface area contributed by atoms with Gasteiger partial charge in [-0.15, -0.1) is 0 Å². The molecule has 3 N–H and O–H groups in total. The SMILES string of the molecule is Cc1cc(C(=O)NN=Cc2ccc(O)c([N+](=O)[O-])c2)n[nH]1. The summed E-state index contributed by atoms with van der Waals surface area (Å²) in [6, 6.07) is 5.30. The molecule has 0 atom stereocenters. The van der Waals surface area contributed by atoms with Crippen molar-refractivity contribution in [2.24, 2.45) is 5.10 Å². The van der Waals surface area contributed by atoms with Gasteiger partial charge in [0.15, 0.2) is 11.4 Å². The molecule has 9 nitrogen and oxygen atoms in total. The largest absolute Gasteiger partial charge is 0.502 e. The summed E-state index contributed by atoms with van der Waals surface area (Å²) in [5, 5.41) is 30.0. The third-order valence-corrected chi connectivity index (χ3v) is 2.51. The summed E-state index contributed by atoms with van der Waals surface area (Å²) >= 11 is 0. The summed E-state index contributed by atoms with van der Waals surface area (Å²) in [7, 11) is 0. The number of carbonyl (C=O) groups is 1. The molecule has 0 unspecified atom stereocenters. The number of hydrazone groups is 1. The normalized spacial score (nSPS) is 10.7. The number of aromatic hydroxyl groups is 1. The minimum Gasteiger partial charge on any atom is -0.502 e. The number of nitro groups is 1. The molecule has 0 fully saturated rings. The lowest BCUT2D eigenvalue weighted by molar-refractivity contribution is -0.385. The molecule has 108 valence electrons. The van der Waals surface area contributed by atoms with E-state index in [4.69, 9.17) is 0 Å². The summed E-state index contributed by atoms with van der Waals surface area (Å²) in [5.41, 5.74) is 3.08. The van der Waals surface area contributed by atoms with Gasteiger partial charge in [-0.05, 0) is 25.1 Å². The summed E-state index contributed by atoms with van der Waals surface area (Å²) in [6.07, 6.45) is 1.23. The van der Waals surface area contributed by atoms with Crippen LogP contribution in [-0.4, -0.2) is 32.3 Å². The zero-order chi connectivity index (χ0) is 15.4. The molecular formula is C12H11N5O4. The monoisotopic (exact) mass is 289 g/mol. The van der Waals surface area contributed by atoms with Crippen molar-refractivity contribution in [1.29, 1.82) is 0 Å². The number of rotatable bonds is 4. The maximum Gasteiger partial charge on any atom is 0.311 e. The molecule has 0 radical (unpaired) electrons. The number of H-pyrrole nitrogens is 1. The Morgan fingerprint density at radius 1 is 1.52 bits per heavy atom. The minimum atomic E-state index is -0.711. The van der Waals surface area contributed by atoms with Crippen LogP contribution in [0.5, 0.6) is 5.75 Å². The molecule has 2 aromatic rings. The molecule has 2 rings (SSSR count). The zero-order valence-electron chi connectivity index (χ0n) is 10.9. The van der Waals surface area contributed by atoms with Gasteiger partial charge in [0.05, 0.1) is 11.1 Å². The van der Waals surface area contributed by atoms with Gasteiger partial charge in [0.1, 0.15) is 0 Å². The predicted octanol–water partition coefficient (Wildman–Crippen LogP) is 1.10. The standard InChI is InChI=1S/C12H11N5O4/c1-7-4-9(15-14-7)12(19)16-13-6-8-2-3-11(18)10(5-8)17(20)21/h2-6,18H,1H3,(H,14,15)(H,16,19). The van der Waals surface area contributed by atoms with Crippen LogP contribution >= 0.6 is 0 Å². The fourth-order valence-corrected chi connectivity index (χ4v) is 1.52. The van der Waals surface area contributed by atoms with E-state index in [1.54, 1.807) is 13.0 Å². The molecule has 1 heterocycles. The van der Waals surface area contributed by atoms with Crippen LogP contribution in [-0.2, 0) is 0 Å². The Morgan fingerprint density at radius 3 is 2.90 bits per heavy atom. The van der Waals surface area contributed by atoms with Crippen molar-refractivity contribution in [2.45, 2.75) is 6.92 Å². The third-order valence-electron chi connectivity index (χ3n) is 2.51. The number of phenolic OH excluding ortho intramolecular Hbond substituents is 1. The van der Waals surface area contributed by atoms with Gasteiger partial charge in [-0.3, -0.25) is 20.0 Å². The van der Waals surface area contributed by atoms with Gasteiger partial charge in [-0.1, -0.05) is 0 Å². The van der Waals surface area contributed by atoms with E-state index in [0.717, 1.165) is 11.8 Å². The lowest BCUT2D eigenvalue weighted by Gasteiger charge is -1.98. The van der Waals surface area contributed by atoms with Gasteiger partial charge < -0.3 is 5.11 Å². The highest BCUT2D eigenvalue weighted by Gasteiger charge is 2.13. The quantitative estimate of drug-likeness (QED) is 0.440. The Bertz CT molecular complexity index is 722. The number of aromatic nitrogens is 2. The zero-order valence-corrected chi connectivity index (χ0v) is 10.9. The van der Waals surface area contributed by atoms with Gasteiger partial charge in [-0.25, -0.2) is 5.43 Å². The number of amides is 1. The van der Waals surface area contributed by atoms with Crippen molar-refractivity contribution < 1.29 is 14.8 Å². The Kier molecular flexibility index (Phi) is 3.93. The number of aryl methyl sites for hydroxylation is 1. The van der Waals surface area contributed by atoms with Gasteiger partial charge in [0.2, 0.25) is 0 Å². The second-order valence-corrected chi connectivity index (χ2v) is 4.14. The molecule has 21 heavy (non-hydrogen) atoms. The van der Waals surface area contributed by atoms with Crippen LogP contribution in [0.4, 0.5) is 5.69 Å². The van der Waals surface area contributed by atoms with Crippen LogP contribution in [0.1, 0.15) is 21.7 Å². The first-order valence-corrected chi connectivity index (χ1v) is 5.80. The Hall–Kier alpha value is -3.23. The number of nitrogens with one attached hydrogen (secondary N) is 2. The molecule has 0 saturated carbocycles. The smallest absolute Gasteiger partial charge is 0.311 e. The van der Waals surface area contributed by atoms with E-state index in [-0.39, 0.29) is 5.69 Å². The van der Waals surface area contributed by atoms with E-state index >= 15 is 0 Å². The number of hydrogen-bond donors (Lipinski definition) is 3. The molecule has 0 saturated heterocycles. The van der Waals surface area contributed by atoms with Crippen molar-refractivity contribution in [3.05, 3.63) is 51.3 Å². The summed E-state index contributed by atoms with van der Waals surface area (Å²) in [6.45, 7) is 1.75. The number of hydrogen-bond acceptors (Lipinski definition) is 6. The Labute approximate surface area is 118 Å². The van der Waals surface area contributed by atoms with Gasteiger partial charge >= 0.3 is 5.69 Å². The predicted molar refractivity (Wildman–Crippen MR) is 73.1 cm³/mol. The maximum absolute atomic E-state index is 11.6. The van der Waals surface area contributed by atoms with Gasteiger partial charge in [0, 0.05) is 17.3 Å². The van der Waals surface area contributed by atoms with Crippen molar-refractivity contribution >= 4 is 17.8 Å². The number of benzene rings is 1. The first-order chi connectivity index (χ1) is 9.97. The summed E-state index contributed by atoms with van der Waals surface area (Å²) in [5.74, 6) is -0.947. The minimum absolute atomic E-state index is 0.182. The topological polar surface area (TPSA) is 134 Å². The van der Waals surface area contributed by atoms with Crippen LogP contribution in [0.2, 0.25) is 0 Å². The third kappa shape index (κ3) is 3.41. The second-order valence-electron chi connectivity index (χ2n) is 4.14. The van der Waals surface area contributed by atoms with E-state index in [9.17, 15) is 20.0 Å². The highest BCUT2D eigenvalue weighted by Crippen LogP contribution is 2.25. The molecule has 0 aliphatic rings. The number of aromatic amines is 1. The van der Waals surface area contributed by atoms with E-state index in [1.807, 2.05) is 0 Å². The lowest BCUT2D eigenvalue weighted by Crippen LogP contribution is -2.18. The summed E-state index contributed by atoms with van der Waals surface area (Å²) in [4.78, 5) is 21.6. The van der Waals surface area contributed by atoms with Crippen LogP contribution in [0.25, 0.3) is 0 Å². The first kappa shape index (κ1) is 14.2. The fraction of sp³-hybridized carbons (Fsp3) is 0.0833. The molecule has 1 amide bonds. The van der Waals surface area contributed by atoms with Crippen LogP contribution in [0.15, 0.2) is 29.4 Å². The highest BCUT2D eigenvalue weighted by molar-refractivity contribution is 5.93. The molecule has 0 aliphatic carbocycles. The van der Waals surface area contributed by atoms with Crippen LogP contribution in [0.3, 0.4) is 0 Å². The Morgan fingerprint density at radius 2 is 2.29 bits per heavy atom. The van der Waals surface area contributed by atoms with Crippen molar-refractivity contribution in [2.75, 3.05) is 0 Å². The van der Waals surface area contributed by atoms with Gasteiger partial charge in [-0.2, -0.15) is 10.2 Å². The molecule has 1 aromatic heterocycles. The molecule has 0 aliphatic heterocycles. The lowest BCUT2D eigenvalue weighted by atomic mass is 10.2. The van der Waals surface area contributed by atoms with Crippen LogP contribution in [0, 0.1) is 17.0 Å². The second kappa shape index (κ2) is 5.82. The van der Waals surface area contributed by atoms with Crippen molar-refractivity contribution in [3.63, 3.8) is 0 Å². The van der Waals surface area contributed by atoms with E-state index in [0.29, 0.717) is 5.56 Å². The highest BCUT2D eigenvalue weighted by atomic mass is 16.6. The average molecular weight is 289 g/mol. The number of phenols is 1. The maximum atomic E-state index is 11.6. The molecule has 1 aromatic carbocycles. The number of nitro benzene ring substituents is 1. The van der Waals surface area contributed by atoms with Crippen molar-refractivity contribution in [1.82, 2.24) is 15.6 Å². The van der Waals surface area contributed by atoms with Crippen molar-refractivity contribution in [3.8, 4) is 5.75 Å². The average Bonchev–Trinajstić information content (AvgIpc) is 2.87. The van der Waals surface area contributed by atoms with E-state index in [2.05, 4.69) is 20.7 Å². The van der Waals surface area contributed by atoms with E-state index in [1.165, 1.54) is 18.3 Å². The van der Waals surface area contributed by atoms with Crippen LogP contribution < -0.4 is 5.43 Å². The molecule has 0 bridgehead atoms. The Balaban J connectivity index is 2.06.